The first-order chi connectivity index (χ1) is 16.4. The Morgan fingerprint density at radius 2 is 1.88 bits per heavy atom. The van der Waals surface area contributed by atoms with Gasteiger partial charge in [-0.05, 0) is 73.4 Å². The van der Waals surface area contributed by atoms with Crippen molar-refractivity contribution in [3.8, 4) is 0 Å². The summed E-state index contributed by atoms with van der Waals surface area (Å²) in [6.07, 6.45) is 3.54. The summed E-state index contributed by atoms with van der Waals surface area (Å²) in [5, 5.41) is 0.623. The molecule has 0 fully saturated rings. The predicted molar refractivity (Wildman–Crippen MR) is 122 cm³/mol. The SMILES string of the molecule is CC(OC(=O)c1c2c(nc3ccccc13)C(=Cc1ccco1)CC2)C(=O)c1ccc(F)c(F)c1. The van der Waals surface area contributed by atoms with E-state index in [1.54, 1.807) is 24.5 Å². The number of nitrogens with zero attached hydrogens (tertiary/aromatic N) is 1. The average molecular weight is 459 g/mol. The maximum absolute atomic E-state index is 13.6. The largest absolute Gasteiger partial charge is 0.465 e. The third kappa shape index (κ3) is 3.90. The molecule has 0 saturated heterocycles. The average Bonchev–Trinajstić information content (AvgIpc) is 3.49. The number of ketones is 1. The maximum atomic E-state index is 13.6. The van der Waals surface area contributed by atoms with Crippen molar-refractivity contribution in [3.05, 3.63) is 101 Å². The van der Waals surface area contributed by atoms with Gasteiger partial charge in [0.1, 0.15) is 5.76 Å². The lowest BCUT2D eigenvalue weighted by Gasteiger charge is -2.16. The van der Waals surface area contributed by atoms with E-state index in [9.17, 15) is 18.4 Å². The molecule has 2 aromatic carbocycles. The van der Waals surface area contributed by atoms with Crippen LogP contribution >= 0.6 is 0 Å². The first-order valence-corrected chi connectivity index (χ1v) is 10.8. The summed E-state index contributed by atoms with van der Waals surface area (Å²) < 4.78 is 37.8. The Bertz CT molecular complexity index is 1460. The van der Waals surface area contributed by atoms with Gasteiger partial charge in [-0.3, -0.25) is 4.79 Å². The van der Waals surface area contributed by atoms with Crippen LogP contribution in [0.5, 0.6) is 0 Å². The molecule has 7 heteroatoms. The molecule has 1 unspecified atom stereocenters. The summed E-state index contributed by atoms with van der Waals surface area (Å²) in [6, 6.07) is 13.7. The number of halogens is 2. The van der Waals surface area contributed by atoms with Crippen molar-refractivity contribution in [2.75, 3.05) is 0 Å². The van der Waals surface area contributed by atoms with Crippen LogP contribution in [-0.2, 0) is 11.2 Å². The molecular weight excluding hydrogens is 440 g/mol. The van der Waals surface area contributed by atoms with E-state index in [2.05, 4.69) is 0 Å². The highest BCUT2D eigenvalue weighted by Gasteiger charge is 2.30. The smallest absolute Gasteiger partial charge is 0.339 e. The van der Waals surface area contributed by atoms with E-state index >= 15 is 0 Å². The molecule has 0 saturated carbocycles. The first-order valence-electron chi connectivity index (χ1n) is 10.8. The minimum absolute atomic E-state index is 0.0762. The number of furan rings is 1. The number of rotatable bonds is 5. The number of fused-ring (bicyclic) bond motifs is 2. The minimum atomic E-state index is -1.19. The van der Waals surface area contributed by atoms with Crippen LogP contribution < -0.4 is 0 Å². The van der Waals surface area contributed by atoms with Gasteiger partial charge < -0.3 is 9.15 Å². The van der Waals surface area contributed by atoms with E-state index in [-0.39, 0.29) is 5.56 Å². The van der Waals surface area contributed by atoms with Crippen molar-refractivity contribution in [1.82, 2.24) is 4.98 Å². The maximum Gasteiger partial charge on any atom is 0.339 e. The Morgan fingerprint density at radius 3 is 2.65 bits per heavy atom. The topological polar surface area (TPSA) is 69.4 Å². The van der Waals surface area contributed by atoms with Gasteiger partial charge >= 0.3 is 5.97 Å². The Kier molecular flexibility index (Phi) is 5.53. The second kappa shape index (κ2) is 8.67. The summed E-state index contributed by atoms with van der Waals surface area (Å²) in [5.74, 6) is -2.80. The molecule has 1 aliphatic carbocycles. The molecule has 2 heterocycles. The number of para-hydroxylation sites is 1. The molecule has 0 spiro atoms. The fraction of sp³-hybridized carbons (Fsp3) is 0.148. The van der Waals surface area contributed by atoms with Crippen molar-refractivity contribution in [2.45, 2.75) is 25.9 Å². The highest BCUT2D eigenvalue weighted by atomic mass is 19.2. The summed E-state index contributed by atoms with van der Waals surface area (Å²) in [4.78, 5) is 30.8. The van der Waals surface area contributed by atoms with E-state index in [0.29, 0.717) is 40.8 Å². The number of esters is 1. The van der Waals surface area contributed by atoms with Gasteiger partial charge in [0.2, 0.25) is 5.78 Å². The molecule has 170 valence electrons. The Hall–Kier alpha value is -4.13. The fourth-order valence-electron chi connectivity index (χ4n) is 4.21. The molecular formula is C27H19F2NO4. The number of hydrogen-bond donors (Lipinski definition) is 0. The molecule has 0 bridgehead atoms. The van der Waals surface area contributed by atoms with Gasteiger partial charge in [0, 0.05) is 10.9 Å². The number of carbonyl (C=O) groups is 2. The third-order valence-corrected chi connectivity index (χ3v) is 5.86. The standard InChI is InChI=1S/C27H19F2NO4/c1-15(26(31)17-9-11-21(28)22(29)14-17)34-27(32)24-19-6-2-3-7-23(19)30-25-16(8-10-20(24)25)13-18-5-4-12-33-18/h2-7,9,11-15H,8,10H2,1H3. The Morgan fingerprint density at radius 1 is 1.06 bits per heavy atom. The minimum Gasteiger partial charge on any atom is -0.465 e. The van der Waals surface area contributed by atoms with Crippen molar-refractivity contribution in [2.24, 2.45) is 0 Å². The normalized spacial score (nSPS) is 14.9. The lowest BCUT2D eigenvalue weighted by molar-refractivity contribution is 0.0319. The van der Waals surface area contributed by atoms with Crippen molar-refractivity contribution in [1.29, 1.82) is 0 Å². The second-order valence-electron chi connectivity index (χ2n) is 8.06. The number of allylic oxidation sites excluding steroid dienone is 1. The van der Waals surface area contributed by atoms with Crippen molar-refractivity contribution >= 4 is 34.3 Å². The van der Waals surface area contributed by atoms with Crippen LogP contribution in [0.15, 0.2) is 65.3 Å². The number of Topliss-reactive ketones (excluding diaryl/α,β-unsaturated/α-hetero) is 1. The molecule has 5 rings (SSSR count). The second-order valence-corrected chi connectivity index (χ2v) is 8.06. The zero-order valence-corrected chi connectivity index (χ0v) is 18.2. The highest BCUT2D eigenvalue weighted by molar-refractivity contribution is 6.08. The molecule has 0 aliphatic heterocycles. The van der Waals surface area contributed by atoms with Crippen molar-refractivity contribution < 1.29 is 27.5 Å². The molecule has 2 aromatic heterocycles. The number of benzene rings is 2. The lowest BCUT2D eigenvalue weighted by Crippen LogP contribution is -2.25. The van der Waals surface area contributed by atoms with Crippen LogP contribution in [0.2, 0.25) is 0 Å². The van der Waals surface area contributed by atoms with Gasteiger partial charge in [0.25, 0.3) is 0 Å². The van der Waals surface area contributed by atoms with Crippen LogP contribution in [-0.4, -0.2) is 22.8 Å². The summed E-state index contributed by atoms with van der Waals surface area (Å²) in [7, 11) is 0. The molecule has 5 nitrogen and oxygen atoms in total. The van der Waals surface area contributed by atoms with Gasteiger partial charge in [-0.2, -0.15) is 0 Å². The molecule has 0 N–H and O–H groups in total. The highest BCUT2D eigenvalue weighted by Crippen LogP contribution is 2.38. The van der Waals surface area contributed by atoms with Crippen LogP contribution in [0.1, 0.15) is 51.1 Å². The van der Waals surface area contributed by atoms with E-state index in [4.69, 9.17) is 14.1 Å². The lowest BCUT2D eigenvalue weighted by atomic mass is 10.0. The molecule has 1 atom stereocenters. The van der Waals surface area contributed by atoms with Crippen LogP contribution in [0.3, 0.4) is 0 Å². The summed E-state index contributed by atoms with van der Waals surface area (Å²) >= 11 is 0. The van der Waals surface area contributed by atoms with E-state index in [1.165, 1.54) is 6.92 Å². The molecule has 34 heavy (non-hydrogen) atoms. The van der Waals surface area contributed by atoms with Crippen LogP contribution in [0.25, 0.3) is 22.6 Å². The third-order valence-electron chi connectivity index (χ3n) is 5.86. The first kappa shape index (κ1) is 21.7. The number of carbonyl (C=O) groups excluding carboxylic acids is 2. The zero-order chi connectivity index (χ0) is 23.8. The number of pyridine rings is 1. The monoisotopic (exact) mass is 459 g/mol. The predicted octanol–water partition coefficient (Wildman–Crippen LogP) is 6.02. The zero-order valence-electron chi connectivity index (χ0n) is 18.2. The fourth-order valence-corrected chi connectivity index (χ4v) is 4.21. The summed E-state index contributed by atoms with van der Waals surface area (Å²) in [6.45, 7) is 1.41. The van der Waals surface area contributed by atoms with Gasteiger partial charge in [0.15, 0.2) is 17.7 Å². The quantitative estimate of drug-likeness (QED) is 0.270. The number of aromatic nitrogens is 1. The van der Waals surface area contributed by atoms with E-state index < -0.39 is 29.5 Å². The van der Waals surface area contributed by atoms with E-state index in [1.807, 2.05) is 24.3 Å². The van der Waals surface area contributed by atoms with Crippen molar-refractivity contribution in [3.63, 3.8) is 0 Å². The molecule has 1 aliphatic rings. The molecule has 4 aromatic rings. The van der Waals surface area contributed by atoms with E-state index in [0.717, 1.165) is 29.3 Å². The molecule has 0 radical (unpaired) electrons. The van der Waals surface area contributed by atoms with Crippen LogP contribution in [0, 0.1) is 11.6 Å². The Labute approximate surface area is 193 Å². The van der Waals surface area contributed by atoms with Gasteiger partial charge in [-0.1, -0.05) is 18.2 Å². The number of ether oxygens (including phenoxy) is 1. The van der Waals surface area contributed by atoms with Crippen LogP contribution in [0.4, 0.5) is 8.78 Å². The van der Waals surface area contributed by atoms with Gasteiger partial charge in [-0.15, -0.1) is 0 Å². The number of hydrogen-bond acceptors (Lipinski definition) is 5. The van der Waals surface area contributed by atoms with Gasteiger partial charge in [-0.25, -0.2) is 18.6 Å². The van der Waals surface area contributed by atoms with Gasteiger partial charge in [0.05, 0.1) is 23.0 Å². The Balaban J connectivity index is 1.51. The molecule has 0 amide bonds. The summed E-state index contributed by atoms with van der Waals surface area (Å²) in [5.41, 5.74) is 3.28.